The number of rotatable bonds is 8. The van der Waals surface area contributed by atoms with Crippen molar-refractivity contribution in [3.63, 3.8) is 0 Å². The Kier molecular flexibility index (Phi) is 8.04. The van der Waals surface area contributed by atoms with Gasteiger partial charge in [0.15, 0.2) is 0 Å². The molecule has 0 aliphatic carbocycles. The summed E-state index contributed by atoms with van der Waals surface area (Å²) in [7, 11) is -2.62. The van der Waals surface area contributed by atoms with Gasteiger partial charge in [-0.05, 0) is 66.4 Å². The van der Waals surface area contributed by atoms with Gasteiger partial charge in [-0.1, -0.05) is 39.0 Å². The molecule has 3 rings (SSSR count). The highest BCUT2D eigenvalue weighted by atomic mass is 32.2. The normalized spacial score (nSPS) is 11.5. The van der Waals surface area contributed by atoms with E-state index in [2.05, 4.69) is 36.1 Å². The van der Waals surface area contributed by atoms with Gasteiger partial charge >= 0.3 is 0 Å². The van der Waals surface area contributed by atoms with Crippen molar-refractivity contribution in [2.45, 2.75) is 38.0 Å². The van der Waals surface area contributed by atoms with Gasteiger partial charge in [0.2, 0.25) is 0 Å². The minimum absolute atomic E-state index is 0.0229. The van der Waals surface area contributed by atoms with Gasteiger partial charge in [0.25, 0.3) is 21.8 Å². The summed E-state index contributed by atoms with van der Waals surface area (Å²) in [4.78, 5) is 25.0. The lowest BCUT2D eigenvalue weighted by molar-refractivity contribution is 0.0951. The highest BCUT2D eigenvalue weighted by molar-refractivity contribution is 7.92. The fraction of sp³-hybridized carbons (Fsp3) is 0.259. The van der Waals surface area contributed by atoms with Gasteiger partial charge < -0.3 is 15.4 Å². The molecule has 0 bridgehead atoms. The average molecular weight is 510 g/mol. The molecule has 0 radical (unpaired) electrons. The smallest absolute Gasteiger partial charge is 0.261 e. The van der Waals surface area contributed by atoms with E-state index in [1.807, 2.05) is 12.1 Å². The zero-order valence-electron chi connectivity index (χ0n) is 21.0. The Hall–Kier alpha value is -3.85. The summed E-state index contributed by atoms with van der Waals surface area (Å²) >= 11 is 0. The molecule has 8 nitrogen and oxygen atoms in total. The number of methoxy groups -OCH3 is 1. The maximum atomic E-state index is 13.0. The maximum absolute atomic E-state index is 13.0. The molecule has 3 aromatic carbocycles. The Labute approximate surface area is 212 Å². The van der Waals surface area contributed by atoms with Crippen LogP contribution in [-0.4, -0.2) is 33.9 Å². The van der Waals surface area contributed by atoms with Crippen LogP contribution < -0.4 is 20.1 Å². The van der Waals surface area contributed by atoms with E-state index in [9.17, 15) is 18.0 Å². The molecule has 0 saturated heterocycles. The molecule has 9 heteroatoms. The number of carbonyl (C=O) groups excluding carboxylic acids is 2. The van der Waals surface area contributed by atoms with Gasteiger partial charge in [0.05, 0.1) is 23.3 Å². The number of carbonyl (C=O) groups is 2. The quantitative estimate of drug-likeness (QED) is 0.404. The SMILES string of the molecule is CCNC(=O)c1cc(S(=O)(=O)Nc2cccc(NC(=O)c3ccc(C(C)(C)C)cc3)c2)ccc1OC. The number of anilines is 2. The molecule has 0 aliphatic rings. The van der Waals surface area contributed by atoms with Gasteiger partial charge in [-0.3, -0.25) is 14.3 Å². The molecular formula is C27H31N3O5S. The lowest BCUT2D eigenvalue weighted by Gasteiger charge is -2.19. The first kappa shape index (κ1) is 26.7. The summed E-state index contributed by atoms with van der Waals surface area (Å²) in [6.07, 6.45) is 0. The van der Waals surface area contributed by atoms with Gasteiger partial charge in [-0.15, -0.1) is 0 Å². The molecule has 0 unspecified atom stereocenters. The number of benzene rings is 3. The third kappa shape index (κ3) is 6.42. The largest absolute Gasteiger partial charge is 0.496 e. The van der Waals surface area contributed by atoms with Crippen LogP contribution in [-0.2, 0) is 15.4 Å². The second-order valence-corrected chi connectivity index (χ2v) is 10.9. The number of nitrogens with one attached hydrogen (secondary N) is 3. The molecular weight excluding hydrogens is 478 g/mol. The van der Waals surface area contributed by atoms with Crippen LogP contribution in [0.15, 0.2) is 71.6 Å². The molecule has 0 heterocycles. The highest BCUT2D eigenvalue weighted by Crippen LogP contribution is 2.26. The summed E-state index contributed by atoms with van der Waals surface area (Å²) in [5.41, 5.74) is 2.38. The predicted molar refractivity (Wildman–Crippen MR) is 141 cm³/mol. The van der Waals surface area contributed by atoms with Gasteiger partial charge in [-0.25, -0.2) is 8.42 Å². The summed E-state index contributed by atoms with van der Waals surface area (Å²) in [6.45, 7) is 8.44. The fourth-order valence-electron chi connectivity index (χ4n) is 3.49. The minimum Gasteiger partial charge on any atom is -0.496 e. The van der Waals surface area contributed by atoms with Crippen molar-refractivity contribution >= 4 is 33.2 Å². The first-order valence-corrected chi connectivity index (χ1v) is 12.9. The van der Waals surface area contributed by atoms with E-state index in [-0.39, 0.29) is 33.2 Å². The number of sulfonamides is 1. The van der Waals surface area contributed by atoms with Crippen LogP contribution in [0, 0.1) is 0 Å². The number of ether oxygens (including phenoxy) is 1. The summed E-state index contributed by atoms with van der Waals surface area (Å²) in [5.74, 6) is -0.482. The van der Waals surface area contributed by atoms with E-state index in [0.29, 0.717) is 17.8 Å². The molecule has 3 N–H and O–H groups in total. The van der Waals surface area contributed by atoms with E-state index in [4.69, 9.17) is 4.74 Å². The molecule has 3 aromatic rings. The molecule has 0 atom stereocenters. The van der Waals surface area contributed by atoms with Crippen LogP contribution in [0.1, 0.15) is 54.0 Å². The molecule has 2 amide bonds. The van der Waals surface area contributed by atoms with E-state index in [0.717, 1.165) is 5.56 Å². The molecule has 0 spiro atoms. The lowest BCUT2D eigenvalue weighted by atomic mass is 9.87. The third-order valence-electron chi connectivity index (χ3n) is 5.45. The predicted octanol–water partition coefficient (Wildman–Crippen LogP) is 4.80. The molecule has 0 aliphatic heterocycles. The number of hydrogen-bond acceptors (Lipinski definition) is 5. The zero-order valence-corrected chi connectivity index (χ0v) is 21.8. The summed E-state index contributed by atoms with van der Waals surface area (Å²) < 4.78 is 33.8. The van der Waals surface area contributed by atoms with E-state index >= 15 is 0 Å². The lowest BCUT2D eigenvalue weighted by Crippen LogP contribution is -2.24. The average Bonchev–Trinajstić information content (AvgIpc) is 2.83. The van der Waals surface area contributed by atoms with Gasteiger partial charge in [-0.2, -0.15) is 0 Å². The minimum atomic E-state index is -4.02. The van der Waals surface area contributed by atoms with Crippen LogP contribution in [0.5, 0.6) is 5.75 Å². The van der Waals surface area contributed by atoms with Crippen LogP contribution in [0.4, 0.5) is 11.4 Å². The molecule has 36 heavy (non-hydrogen) atoms. The first-order chi connectivity index (χ1) is 16.9. The second kappa shape index (κ2) is 10.8. The Bertz CT molecular complexity index is 1360. The third-order valence-corrected chi connectivity index (χ3v) is 6.83. The maximum Gasteiger partial charge on any atom is 0.261 e. The Morgan fingerprint density at radius 2 is 1.56 bits per heavy atom. The number of amides is 2. The standard InChI is InChI=1S/C27H31N3O5S/c1-6-28-26(32)23-17-22(14-15-24(23)35-5)36(33,34)30-21-9-7-8-20(16-21)29-25(31)18-10-12-19(13-11-18)27(2,3)4/h7-17,30H,6H2,1-5H3,(H,28,32)(H,29,31). The fourth-order valence-corrected chi connectivity index (χ4v) is 4.56. The molecule has 0 fully saturated rings. The van der Waals surface area contributed by atoms with E-state index < -0.39 is 15.9 Å². The topological polar surface area (TPSA) is 114 Å². The van der Waals surface area contributed by atoms with E-state index in [1.54, 1.807) is 37.3 Å². The summed E-state index contributed by atoms with van der Waals surface area (Å²) in [5, 5.41) is 5.43. The summed E-state index contributed by atoms with van der Waals surface area (Å²) in [6, 6.07) is 17.8. The monoisotopic (exact) mass is 509 g/mol. The highest BCUT2D eigenvalue weighted by Gasteiger charge is 2.20. The second-order valence-electron chi connectivity index (χ2n) is 9.19. The Balaban J connectivity index is 1.79. The van der Waals surface area contributed by atoms with Crippen molar-refractivity contribution < 1.29 is 22.7 Å². The van der Waals surface area contributed by atoms with Crippen LogP contribution >= 0.6 is 0 Å². The molecule has 190 valence electrons. The van der Waals surface area contributed by atoms with Crippen molar-refractivity contribution in [1.82, 2.24) is 5.32 Å². The van der Waals surface area contributed by atoms with Gasteiger partial charge in [0, 0.05) is 17.8 Å². The number of hydrogen-bond donors (Lipinski definition) is 3. The molecule has 0 saturated carbocycles. The van der Waals surface area contributed by atoms with E-state index in [1.165, 1.54) is 31.4 Å². The molecule has 0 aromatic heterocycles. The van der Waals surface area contributed by atoms with Crippen molar-refractivity contribution in [2.24, 2.45) is 0 Å². The van der Waals surface area contributed by atoms with Crippen molar-refractivity contribution in [3.05, 3.63) is 83.4 Å². The first-order valence-electron chi connectivity index (χ1n) is 11.5. The van der Waals surface area contributed by atoms with Crippen molar-refractivity contribution in [2.75, 3.05) is 23.7 Å². The van der Waals surface area contributed by atoms with Crippen LogP contribution in [0.25, 0.3) is 0 Å². The van der Waals surface area contributed by atoms with Gasteiger partial charge in [0.1, 0.15) is 5.75 Å². The van der Waals surface area contributed by atoms with Crippen molar-refractivity contribution in [3.8, 4) is 5.75 Å². The van der Waals surface area contributed by atoms with Crippen LogP contribution in [0.2, 0.25) is 0 Å². The van der Waals surface area contributed by atoms with Crippen LogP contribution in [0.3, 0.4) is 0 Å². The Morgan fingerprint density at radius 3 is 2.17 bits per heavy atom. The Morgan fingerprint density at radius 1 is 0.889 bits per heavy atom. The zero-order chi connectivity index (χ0) is 26.5. The van der Waals surface area contributed by atoms with Crippen molar-refractivity contribution in [1.29, 1.82) is 0 Å².